The van der Waals surface area contributed by atoms with E-state index in [0.717, 1.165) is 30.0 Å². The van der Waals surface area contributed by atoms with Crippen molar-refractivity contribution in [3.8, 4) is 5.88 Å². The Morgan fingerprint density at radius 1 is 1.33 bits per heavy atom. The van der Waals surface area contributed by atoms with Crippen LogP contribution in [0.3, 0.4) is 0 Å². The number of aromatic amines is 1. The molecule has 0 fully saturated rings. The number of aromatic nitrogens is 3. The third kappa shape index (κ3) is 2.68. The predicted molar refractivity (Wildman–Crippen MR) is 69.4 cm³/mol. The van der Waals surface area contributed by atoms with E-state index in [4.69, 9.17) is 4.74 Å². The quantitative estimate of drug-likeness (QED) is 0.843. The van der Waals surface area contributed by atoms with Crippen LogP contribution in [0.15, 0.2) is 18.3 Å². The Balaban J connectivity index is 1.96. The van der Waals surface area contributed by atoms with Gasteiger partial charge in [-0.3, -0.25) is 5.10 Å². The Bertz CT molecular complexity index is 502. The Morgan fingerprint density at radius 2 is 2.17 bits per heavy atom. The highest BCUT2D eigenvalue weighted by atomic mass is 16.5. The summed E-state index contributed by atoms with van der Waals surface area (Å²) in [6, 6.07) is 3.92. The zero-order chi connectivity index (χ0) is 13.0. The average Bonchev–Trinajstić information content (AvgIpc) is 2.71. The van der Waals surface area contributed by atoms with Crippen molar-refractivity contribution in [3.05, 3.63) is 40.8 Å². The van der Waals surface area contributed by atoms with Crippen molar-refractivity contribution in [1.82, 2.24) is 20.5 Å². The Labute approximate surface area is 107 Å². The zero-order valence-corrected chi connectivity index (χ0v) is 10.9. The molecule has 96 valence electrons. The molecule has 2 rings (SSSR count). The molecule has 2 aromatic heterocycles. The molecule has 0 aromatic carbocycles. The van der Waals surface area contributed by atoms with Gasteiger partial charge in [-0.15, -0.1) is 0 Å². The highest BCUT2D eigenvalue weighted by Crippen LogP contribution is 2.14. The number of hydrogen-bond donors (Lipinski definition) is 2. The first-order valence-corrected chi connectivity index (χ1v) is 5.91. The van der Waals surface area contributed by atoms with E-state index in [2.05, 4.69) is 20.5 Å². The van der Waals surface area contributed by atoms with E-state index in [1.165, 1.54) is 5.56 Å². The van der Waals surface area contributed by atoms with Crippen LogP contribution in [0.25, 0.3) is 0 Å². The minimum atomic E-state index is 0.672. The van der Waals surface area contributed by atoms with Gasteiger partial charge in [0.25, 0.3) is 0 Å². The SMILES string of the molecule is COc1ncccc1CNCc1c(C)n[nH]c1C. The molecule has 0 radical (unpaired) electrons. The van der Waals surface area contributed by atoms with Crippen molar-refractivity contribution in [2.45, 2.75) is 26.9 Å². The van der Waals surface area contributed by atoms with Gasteiger partial charge in [-0.1, -0.05) is 6.07 Å². The highest BCUT2D eigenvalue weighted by Gasteiger charge is 2.07. The van der Waals surface area contributed by atoms with Crippen LogP contribution in [0.1, 0.15) is 22.5 Å². The largest absolute Gasteiger partial charge is 0.481 e. The average molecular weight is 246 g/mol. The minimum Gasteiger partial charge on any atom is -0.481 e. The van der Waals surface area contributed by atoms with E-state index in [-0.39, 0.29) is 0 Å². The second kappa shape index (κ2) is 5.64. The number of methoxy groups -OCH3 is 1. The first-order valence-electron chi connectivity index (χ1n) is 5.91. The fraction of sp³-hybridized carbons (Fsp3) is 0.385. The summed E-state index contributed by atoms with van der Waals surface area (Å²) in [4.78, 5) is 4.17. The number of hydrogen-bond acceptors (Lipinski definition) is 4. The van der Waals surface area contributed by atoms with Crippen LogP contribution < -0.4 is 10.1 Å². The number of rotatable bonds is 5. The van der Waals surface area contributed by atoms with Gasteiger partial charge >= 0.3 is 0 Å². The summed E-state index contributed by atoms with van der Waals surface area (Å²) < 4.78 is 5.21. The topological polar surface area (TPSA) is 62.8 Å². The van der Waals surface area contributed by atoms with Crippen LogP contribution in [0.2, 0.25) is 0 Å². The van der Waals surface area contributed by atoms with E-state index >= 15 is 0 Å². The number of aryl methyl sites for hydroxylation is 2. The zero-order valence-electron chi connectivity index (χ0n) is 10.9. The molecule has 0 aliphatic heterocycles. The fourth-order valence-electron chi connectivity index (χ4n) is 1.90. The number of ether oxygens (including phenoxy) is 1. The molecule has 18 heavy (non-hydrogen) atoms. The number of pyridine rings is 1. The lowest BCUT2D eigenvalue weighted by atomic mass is 10.2. The minimum absolute atomic E-state index is 0.672. The lowest BCUT2D eigenvalue weighted by molar-refractivity contribution is 0.390. The fourth-order valence-corrected chi connectivity index (χ4v) is 1.90. The summed E-state index contributed by atoms with van der Waals surface area (Å²) in [5, 5.41) is 10.5. The molecule has 0 aliphatic rings. The molecule has 0 atom stereocenters. The van der Waals surface area contributed by atoms with Gasteiger partial charge in [-0.05, 0) is 19.9 Å². The third-order valence-corrected chi connectivity index (χ3v) is 2.94. The molecule has 0 unspecified atom stereocenters. The van der Waals surface area contributed by atoms with Gasteiger partial charge in [0.05, 0.1) is 12.8 Å². The van der Waals surface area contributed by atoms with E-state index in [1.54, 1.807) is 13.3 Å². The van der Waals surface area contributed by atoms with Crippen molar-refractivity contribution in [2.24, 2.45) is 0 Å². The highest BCUT2D eigenvalue weighted by molar-refractivity contribution is 5.26. The second-order valence-electron chi connectivity index (χ2n) is 4.19. The van der Waals surface area contributed by atoms with Gasteiger partial charge in [0.2, 0.25) is 5.88 Å². The van der Waals surface area contributed by atoms with E-state index in [9.17, 15) is 0 Å². The van der Waals surface area contributed by atoms with Crippen molar-refractivity contribution < 1.29 is 4.74 Å². The molecule has 0 bridgehead atoms. The summed E-state index contributed by atoms with van der Waals surface area (Å²) in [5.74, 6) is 0.672. The monoisotopic (exact) mass is 246 g/mol. The van der Waals surface area contributed by atoms with E-state index in [0.29, 0.717) is 5.88 Å². The summed E-state index contributed by atoms with van der Waals surface area (Å²) >= 11 is 0. The molecule has 2 aromatic rings. The first kappa shape index (κ1) is 12.6. The van der Waals surface area contributed by atoms with Crippen molar-refractivity contribution in [2.75, 3.05) is 7.11 Å². The summed E-state index contributed by atoms with van der Waals surface area (Å²) in [6.07, 6.45) is 1.73. The molecule has 0 saturated heterocycles. The summed E-state index contributed by atoms with van der Waals surface area (Å²) in [6.45, 7) is 5.54. The van der Waals surface area contributed by atoms with Crippen molar-refractivity contribution in [3.63, 3.8) is 0 Å². The Morgan fingerprint density at radius 3 is 2.83 bits per heavy atom. The van der Waals surface area contributed by atoms with Gasteiger partial charge in [0.1, 0.15) is 0 Å². The lowest BCUT2D eigenvalue weighted by Gasteiger charge is -2.08. The Kier molecular flexibility index (Phi) is 3.94. The van der Waals surface area contributed by atoms with Crippen LogP contribution in [0, 0.1) is 13.8 Å². The van der Waals surface area contributed by atoms with Gasteiger partial charge in [-0.25, -0.2) is 4.98 Å². The van der Waals surface area contributed by atoms with Crippen LogP contribution in [-0.2, 0) is 13.1 Å². The van der Waals surface area contributed by atoms with Gasteiger partial charge in [-0.2, -0.15) is 5.10 Å². The third-order valence-electron chi connectivity index (χ3n) is 2.94. The molecule has 5 nitrogen and oxygen atoms in total. The Hall–Kier alpha value is -1.88. The van der Waals surface area contributed by atoms with Crippen LogP contribution in [-0.4, -0.2) is 22.3 Å². The van der Waals surface area contributed by atoms with Crippen molar-refractivity contribution >= 4 is 0 Å². The molecule has 0 saturated carbocycles. The second-order valence-corrected chi connectivity index (χ2v) is 4.19. The van der Waals surface area contributed by atoms with Crippen LogP contribution in [0.4, 0.5) is 0 Å². The maximum Gasteiger partial charge on any atom is 0.217 e. The van der Waals surface area contributed by atoms with Gasteiger partial charge in [0, 0.05) is 36.1 Å². The van der Waals surface area contributed by atoms with Crippen molar-refractivity contribution in [1.29, 1.82) is 0 Å². The smallest absolute Gasteiger partial charge is 0.217 e. The van der Waals surface area contributed by atoms with Crippen LogP contribution in [0.5, 0.6) is 5.88 Å². The lowest BCUT2D eigenvalue weighted by Crippen LogP contribution is -2.14. The molecular formula is C13H18N4O. The summed E-state index contributed by atoms with van der Waals surface area (Å²) in [7, 11) is 1.64. The molecule has 2 N–H and O–H groups in total. The first-order chi connectivity index (χ1) is 8.72. The molecule has 0 aliphatic carbocycles. The number of H-pyrrole nitrogens is 1. The molecule has 5 heteroatoms. The maximum atomic E-state index is 5.21. The van der Waals surface area contributed by atoms with Gasteiger partial charge < -0.3 is 10.1 Å². The van der Waals surface area contributed by atoms with E-state index < -0.39 is 0 Å². The molecule has 0 spiro atoms. The normalized spacial score (nSPS) is 10.6. The maximum absolute atomic E-state index is 5.21. The van der Waals surface area contributed by atoms with E-state index in [1.807, 2.05) is 26.0 Å². The predicted octanol–water partition coefficient (Wildman–Crippen LogP) is 1.72. The standard InChI is InChI=1S/C13H18N4O/c1-9-12(10(2)17-16-9)8-14-7-11-5-4-6-15-13(11)18-3/h4-6,14H,7-8H2,1-3H3,(H,16,17). The summed E-state index contributed by atoms with van der Waals surface area (Å²) in [5.41, 5.74) is 4.42. The molecular weight excluding hydrogens is 228 g/mol. The van der Waals surface area contributed by atoms with Gasteiger partial charge in [0.15, 0.2) is 0 Å². The molecule has 2 heterocycles. The number of nitrogens with one attached hydrogen (secondary N) is 2. The van der Waals surface area contributed by atoms with Crippen LogP contribution >= 0.6 is 0 Å². The number of nitrogens with zero attached hydrogens (tertiary/aromatic N) is 2. The molecule has 0 amide bonds.